The third-order valence-corrected chi connectivity index (χ3v) is 4.88. The van der Waals surface area contributed by atoms with E-state index in [9.17, 15) is 0 Å². The summed E-state index contributed by atoms with van der Waals surface area (Å²) in [5, 5.41) is 8.09. The van der Waals surface area contributed by atoms with Gasteiger partial charge in [-0.05, 0) is 12.1 Å². The molecular formula is C18H22ClN7O. The van der Waals surface area contributed by atoms with E-state index in [2.05, 4.69) is 30.2 Å². The number of imidazole rings is 1. The zero-order chi connectivity index (χ0) is 18.6. The second kappa shape index (κ2) is 7.98. The maximum Gasteiger partial charge on any atom is 0.194 e. The van der Waals surface area contributed by atoms with Crippen molar-refractivity contribution in [2.24, 2.45) is 4.99 Å². The fourth-order valence-electron chi connectivity index (χ4n) is 3.27. The van der Waals surface area contributed by atoms with Gasteiger partial charge in [-0.25, -0.2) is 4.98 Å². The number of aromatic nitrogens is 3. The van der Waals surface area contributed by atoms with E-state index in [4.69, 9.17) is 16.1 Å². The second-order valence-corrected chi connectivity index (χ2v) is 6.94. The summed E-state index contributed by atoms with van der Waals surface area (Å²) >= 11 is 6.03. The lowest BCUT2D eigenvalue weighted by molar-refractivity contribution is 0.169. The highest BCUT2D eigenvalue weighted by atomic mass is 35.5. The summed E-state index contributed by atoms with van der Waals surface area (Å²) < 4.78 is 6.84. The Morgan fingerprint density at radius 3 is 2.78 bits per heavy atom. The van der Waals surface area contributed by atoms with Crippen LogP contribution in [0.15, 0.2) is 46.4 Å². The molecule has 1 aliphatic heterocycles. The minimum Gasteiger partial charge on any atom is -0.364 e. The van der Waals surface area contributed by atoms with Crippen LogP contribution in [0, 0.1) is 0 Å². The number of pyridine rings is 1. The van der Waals surface area contributed by atoms with Gasteiger partial charge >= 0.3 is 0 Å². The van der Waals surface area contributed by atoms with E-state index in [1.807, 2.05) is 42.0 Å². The van der Waals surface area contributed by atoms with Crippen molar-refractivity contribution in [2.75, 3.05) is 33.2 Å². The van der Waals surface area contributed by atoms with Gasteiger partial charge in [-0.1, -0.05) is 16.8 Å². The van der Waals surface area contributed by atoms with Gasteiger partial charge < -0.3 is 19.1 Å². The number of nitrogens with one attached hydrogen (secondary N) is 1. The smallest absolute Gasteiger partial charge is 0.194 e. The number of rotatable bonds is 4. The number of fused-ring (bicyclic) bond motifs is 1. The average Bonchev–Trinajstić information content (AvgIpc) is 3.32. The highest BCUT2D eigenvalue weighted by molar-refractivity contribution is 6.30. The topological polar surface area (TPSA) is 74.2 Å². The molecule has 4 heterocycles. The van der Waals surface area contributed by atoms with Crippen LogP contribution in [0.5, 0.6) is 0 Å². The molecule has 0 amide bonds. The molecule has 0 bridgehead atoms. The van der Waals surface area contributed by atoms with Gasteiger partial charge in [0.25, 0.3) is 0 Å². The van der Waals surface area contributed by atoms with Crippen LogP contribution in [0.4, 0.5) is 0 Å². The van der Waals surface area contributed by atoms with Crippen LogP contribution in [0.2, 0.25) is 5.02 Å². The summed E-state index contributed by atoms with van der Waals surface area (Å²) in [5.41, 5.74) is 2.80. The van der Waals surface area contributed by atoms with Crippen molar-refractivity contribution in [2.45, 2.75) is 13.1 Å². The van der Waals surface area contributed by atoms with Crippen LogP contribution in [-0.4, -0.2) is 63.5 Å². The molecule has 9 heteroatoms. The van der Waals surface area contributed by atoms with E-state index in [0.29, 0.717) is 11.6 Å². The molecule has 0 saturated carbocycles. The number of guanidine groups is 1. The minimum absolute atomic E-state index is 0.616. The molecule has 8 nitrogen and oxygen atoms in total. The number of aliphatic imine (C=N–C) groups is 1. The molecule has 1 fully saturated rings. The summed E-state index contributed by atoms with van der Waals surface area (Å²) in [5.74, 6) is 0.895. The highest BCUT2D eigenvalue weighted by Crippen LogP contribution is 2.12. The van der Waals surface area contributed by atoms with Crippen LogP contribution in [0.25, 0.3) is 5.65 Å². The molecule has 27 heavy (non-hydrogen) atoms. The molecule has 0 radical (unpaired) electrons. The van der Waals surface area contributed by atoms with E-state index in [1.54, 1.807) is 6.26 Å². The van der Waals surface area contributed by atoms with Gasteiger partial charge in [-0.3, -0.25) is 9.89 Å². The average molecular weight is 388 g/mol. The van der Waals surface area contributed by atoms with Crippen molar-refractivity contribution in [1.29, 1.82) is 0 Å². The molecule has 4 rings (SSSR count). The standard InChI is InChI=1S/C18H22ClN7O/c1-20-18(21-10-16-13-26-11-14(19)2-3-17(26)22-16)25-7-5-24(6-8-25)12-15-4-9-27-23-15/h2-4,9,11,13H,5-8,10,12H2,1H3,(H,20,21). The molecule has 0 unspecified atom stereocenters. The van der Waals surface area contributed by atoms with E-state index < -0.39 is 0 Å². The lowest BCUT2D eigenvalue weighted by Crippen LogP contribution is -2.52. The first-order valence-electron chi connectivity index (χ1n) is 8.91. The van der Waals surface area contributed by atoms with Gasteiger partial charge in [0.2, 0.25) is 0 Å². The maximum absolute atomic E-state index is 6.03. The number of hydrogen-bond acceptors (Lipinski definition) is 5. The number of nitrogens with zero attached hydrogens (tertiary/aromatic N) is 6. The first kappa shape index (κ1) is 17.8. The van der Waals surface area contributed by atoms with Gasteiger partial charge in [-0.2, -0.15) is 0 Å². The van der Waals surface area contributed by atoms with Gasteiger partial charge in [0.15, 0.2) is 5.96 Å². The predicted octanol–water partition coefficient (Wildman–Crippen LogP) is 1.87. The van der Waals surface area contributed by atoms with Gasteiger partial charge in [0, 0.05) is 58.2 Å². The second-order valence-electron chi connectivity index (χ2n) is 6.50. The molecule has 1 aliphatic rings. The molecule has 1 N–H and O–H groups in total. The Balaban J connectivity index is 1.31. The Hall–Kier alpha value is -2.58. The van der Waals surface area contributed by atoms with Crippen LogP contribution < -0.4 is 5.32 Å². The van der Waals surface area contributed by atoms with Gasteiger partial charge in [-0.15, -0.1) is 0 Å². The van der Waals surface area contributed by atoms with E-state index >= 15 is 0 Å². The highest BCUT2D eigenvalue weighted by Gasteiger charge is 2.20. The van der Waals surface area contributed by atoms with Crippen molar-refractivity contribution in [3.63, 3.8) is 0 Å². The van der Waals surface area contributed by atoms with Gasteiger partial charge in [0.1, 0.15) is 11.9 Å². The Kier molecular flexibility index (Phi) is 5.26. The number of halogens is 1. The van der Waals surface area contributed by atoms with Crippen LogP contribution in [-0.2, 0) is 13.1 Å². The summed E-state index contributed by atoms with van der Waals surface area (Å²) in [6.45, 7) is 5.18. The first-order valence-corrected chi connectivity index (χ1v) is 9.29. The Bertz CT molecular complexity index is 913. The predicted molar refractivity (Wildman–Crippen MR) is 104 cm³/mol. The summed E-state index contributed by atoms with van der Waals surface area (Å²) in [6.07, 6.45) is 5.46. The molecule has 0 spiro atoms. The molecule has 3 aromatic rings. The quantitative estimate of drug-likeness (QED) is 0.544. The molecule has 1 saturated heterocycles. The van der Waals surface area contributed by atoms with Crippen molar-refractivity contribution in [3.05, 3.63) is 53.3 Å². The summed E-state index contributed by atoms with van der Waals surface area (Å²) in [4.78, 5) is 13.7. The van der Waals surface area contributed by atoms with Crippen molar-refractivity contribution >= 4 is 23.2 Å². The lowest BCUT2D eigenvalue weighted by Gasteiger charge is -2.36. The fourth-order valence-corrected chi connectivity index (χ4v) is 3.44. The molecule has 0 aliphatic carbocycles. The van der Waals surface area contributed by atoms with E-state index in [1.165, 1.54) is 0 Å². The number of hydrogen-bond donors (Lipinski definition) is 1. The normalized spacial score (nSPS) is 16.2. The van der Waals surface area contributed by atoms with Crippen LogP contribution in [0.1, 0.15) is 11.4 Å². The van der Waals surface area contributed by atoms with E-state index in [-0.39, 0.29) is 0 Å². The minimum atomic E-state index is 0.616. The molecular weight excluding hydrogens is 366 g/mol. The van der Waals surface area contributed by atoms with Crippen LogP contribution in [0.3, 0.4) is 0 Å². The Morgan fingerprint density at radius 1 is 1.19 bits per heavy atom. The molecule has 0 aromatic carbocycles. The monoisotopic (exact) mass is 387 g/mol. The van der Waals surface area contributed by atoms with Crippen molar-refractivity contribution in [1.82, 2.24) is 29.7 Å². The summed E-state index contributed by atoms with van der Waals surface area (Å²) in [6, 6.07) is 5.67. The van der Waals surface area contributed by atoms with Crippen molar-refractivity contribution in [3.8, 4) is 0 Å². The summed E-state index contributed by atoms with van der Waals surface area (Å²) in [7, 11) is 1.81. The molecule has 0 atom stereocenters. The van der Waals surface area contributed by atoms with Gasteiger partial charge in [0.05, 0.1) is 23.0 Å². The molecule has 142 valence electrons. The van der Waals surface area contributed by atoms with Crippen molar-refractivity contribution < 1.29 is 4.52 Å². The lowest BCUT2D eigenvalue weighted by atomic mass is 10.3. The third-order valence-electron chi connectivity index (χ3n) is 4.65. The Labute approximate surface area is 162 Å². The zero-order valence-electron chi connectivity index (χ0n) is 15.2. The number of piperazine rings is 1. The largest absolute Gasteiger partial charge is 0.364 e. The Morgan fingerprint density at radius 2 is 2.04 bits per heavy atom. The maximum atomic E-state index is 6.03. The van der Waals surface area contributed by atoms with E-state index in [0.717, 1.165) is 55.7 Å². The SMILES string of the molecule is CN=C(NCc1cn2cc(Cl)ccc2n1)N1CCN(Cc2ccon2)CC1. The molecule has 3 aromatic heterocycles. The van der Waals surface area contributed by atoms with Crippen LogP contribution >= 0.6 is 11.6 Å². The third kappa shape index (κ3) is 4.23. The first-order chi connectivity index (χ1) is 13.2. The fraction of sp³-hybridized carbons (Fsp3) is 0.389. The zero-order valence-corrected chi connectivity index (χ0v) is 15.9.